The van der Waals surface area contributed by atoms with Crippen molar-refractivity contribution in [3.8, 4) is 0 Å². The van der Waals surface area contributed by atoms with Crippen LogP contribution in [0.1, 0.15) is 35.5 Å². The first-order valence-corrected chi connectivity index (χ1v) is 9.37. The Morgan fingerprint density at radius 2 is 2.04 bits per heavy atom. The number of anilines is 1. The Bertz CT molecular complexity index is 841. The van der Waals surface area contributed by atoms with Gasteiger partial charge in [-0.05, 0) is 55.7 Å². The predicted molar refractivity (Wildman–Crippen MR) is 91.3 cm³/mol. The fraction of sp³-hybridized carbons (Fsp3) is 0.353. The van der Waals surface area contributed by atoms with Gasteiger partial charge in [-0.25, -0.2) is 8.42 Å². The lowest BCUT2D eigenvalue weighted by Gasteiger charge is -2.28. The number of benzene rings is 1. The average molecular weight is 348 g/mol. The molecule has 0 atom stereocenters. The third kappa shape index (κ3) is 3.31. The van der Waals surface area contributed by atoms with Crippen molar-refractivity contribution < 1.29 is 17.6 Å². The van der Waals surface area contributed by atoms with Crippen LogP contribution in [0.5, 0.6) is 0 Å². The number of carbonyl (C=O) groups excluding carboxylic acids is 1. The smallest absolute Gasteiger partial charge is 0.289 e. The zero-order valence-electron chi connectivity index (χ0n) is 13.7. The Morgan fingerprint density at radius 3 is 2.71 bits per heavy atom. The van der Waals surface area contributed by atoms with E-state index in [1.807, 2.05) is 6.07 Å². The van der Waals surface area contributed by atoms with Crippen LogP contribution >= 0.6 is 0 Å². The molecule has 0 aliphatic carbocycles. The molecule has 2 heterocycles. The largest absolute Gasteiger partial charge is 0.459 e. The lowest BCUT2D eigenvalue weighted by molar-refractivity contribution is 0.0702. The Morgan fingerprint density at radius 1 is 1.25 bits per heavy atom. The molecule has 1 aromatic carbocycles. The second-order valence-electron chi connectivity index (χ2n) is 6.13. The number of carbonyl (C=O) groups is 1. The molecule has 1 aromatic heterocycles. The van der Waals surface area contributed by atoms with Crippen LogP contribution in [0.3, 0.4) is 0 Å². The molecule has 7 heteroatoms. The Balaban J connectivity index is 1.80. The molecule has 2 aromatic rings. The molecule has 0 saturated heterocycles. The van der Waals surface area contributed by atoms with E-state index in [1.165, 1.54) is 6.26 Å². The van der Waals surface area contributed by atoms with Gasteiger partial charge in [-0.2, -0.15) is 0 Å². The maximum Gasteiger partial charge on any atom is 0.289 e. The molecule has 0 unspecified atom stereocenters. The molecule has 0 saturated carbocycles. The van der Waals surface area contributed by atoms with Gasteiger partial charge in [0.2, 0.25) is 10.0 Å². The highest BCUT2D eigenvalue weighted by Crippen LogP contribution is 2.25. The number of nitrogens with zero attached hydrogens (tertiary/aromatic N) is 1. The molecule has 1 aliphatic heterocycles. The zero-order chi connectivity index (χ0) is 17.3. The summed E-state index contributed by atoms with van der Waals surface area (Å²) in [7, 11) is -3.39. The molecule has 0 spiro atoms. The highest BCUT2D eigenvalue weighted by Gasteiger charge is 2.24. The molecule has 0 radical (unpaired) electrons. The first-order valence-electron chi connectivity index (χ1n) is 7.83. The van der Waals surface area contributed by atoms with Crippen molar-refractivity contribution in [2.75, 3.05) is 11.3 Å². The fourth-order valence-electron chi connectivity index (χ4n) is 2.63. The molecule has 0 bridgehead atoms. The molecular formula is C17H20N2O4S. The van der Waals surface area contributed by atoms with E-state index in [9.17, 15) is 13.2 Å². The van der Waals surface area contributed by atoms with E-state index in [2.05, 4.69) is 4.72 Å². The number of nitrogens with one attached hydrogen (secondary N) is 1. The van der Waals surface area contributed by atoms with Gasteiger partial charge in [0.05, 0.1) is 11.5 Å². The molecule has 0 fully saturated rings. The van der Waals surface area contributed by atoms with Crippen molar-refractivity contribution in [1.29, 1.82) is 0 Å². The number of hydrogen-bond acceptors (Lipinski definition) is 4. The van der Waals surface area contributed by atoms with Gasteiger partial charge in [-0.3, -0.25) is 9.52 Å². The quantitative estimate of drug-likeness (QED) is 0.921. The van der Waals surface area contributed by atoms with E-state index in [0.29, 0.717) is 24.5 Å². The molecule has 24 heavy (non-hydrogen) atoms. The first-order chi connectivity index (χ1) is 11.4. The lowest BCUT2D eigenvalue weighted by atomic mass is 9.99. The number of fused-ring (bicyclic) bond motifs is 1. The minimum absolute atomic E-state index is 0.154. The summed E-state index contributed by atoms with van der Waals surface area (Å²) < 4.78 is 31.8. The molecule has 128 valence electrons. The Kier molecular flexibility index (Phi) is 4.36. The van der Waals surface area contributed by atoms with Gasteiger partial charge in [0.25, 0.3) is 5.91 Å². The molecule has 1 amide bonds. The fourth-order valence-corrected chi connectivity index (χ4v) is 3.32. The van der Waals surface area contributed by atoms with Crippen molar-refractivity contribution in [2.24, 2.45) is 0 Å². The van der Waals surface area contributed by atoms with Crippen molar-refractivity contribution in [3.63, 3.8) is 0 Å². The van der Waals surface area contributed by atoms with Crippen LogP contribution < -0.4 is 4.72 Å². The monoisotopic (exact) mass is 348 g/mol. The lowest BCUT2D eigenvalue weighted by Crippen LogP contribution is -2.35. The van der Waals surface area contributed by atoms with E-state index in [-0.39, 0.29) is 5.91 Å². The van der Waals surface area contributed by atoms with E-state index >= 15 is 0 Å². The van der Waals surface area contributed by atoms with Crippen molar-refractivity contribution in [1.82, 2.24) is 4.90 Å². The maximum absolute atomic E-state index is 12.4. The Labute approximate surface area is 141 Å². The second kappa shape index (κ2) is 6.32. The summed E-state index contributed by atoms with van der Waals surface area (Å²) in [6.45, 7) is 4.31. The maximum atomic E-state index is 12.4. The van der Waals surface area contributed by atoms with Crippen LogP contribution in [0.15, 0.2) is 41.0 Å². The van der Waals surface area contributed by atoms with E-state index in [4.69, 9.17) is 4.42 Å². The Hall–Kier alpha value is -2.28. The highest BCUT2D eigenvalue weighted by atomic mass is 32.2. The molecule has 6 nitrogen and oxygen atoms in total. The summed E-state index contributed by atoms with van der Waals surface area (Å²) in [6, 6.07) is 8.82. The van der Waals surface area contributed by atoms with Gasteiger partial charge >= 0.3 is 0 Å². The predicted octanol–water partition coefficient (Wildman–Crippen LogP) is 2.63. The van der Waals surface area contributed by atoms with Crippen molar-refractivity contribution in [3.05, 3.63) is 53.5 Å². The second-order valence-corrected chi connectivity index (χ2v) is 8.37. The van der Waals surface area contributed by atoms with Crippen LogP contribution in [0.4, 0.5) is 5.69 Å². The van der Waals surface area contributed by atoms with Crippen LogP contribution in [-0.4, -0.2) is 31.0 Å². The third-order valence-corrected chi connectivity index (χ3v) is 5.88. The van der Waals surface area contributed by atoms with Crippen molar-refractivity contribution >= 4 is 21.6 Å². The summed E-state index contributed by atoms with van der Waals surface area (Å²) >= 11 is 0. The van der Waals surface area contributed by atoms with E-state index in [0.717, 1.165) is 17.5 Å². The van der Waals surface area contributed by atoms with Gasteiger partial charge in [0, 0.05) is 18.8 Å². The minimum Gasteiger partial charge on any atom is -0.459 e. The molecule has 1 N–H and O–H groups in total. The standard InChI is InChI=1S/C17H20N2O4S/c1-12(2)24(21,22)18-15-6-5-13-7-8-19(11-14(13)10-15)17(20)16-4-3-9-23-16/h3-6,9-10,12,18H,7-8,11H2,1-2H3. The number of sulfonamides is 1. The first kappa shape index (κ1) is 16.6. The summed E-state index contributed by atoms with van der Waals surface area (Å²) in [6.07, 6.45) is 2.21. The summed E-state index contributed by atoms with van der Waals surface area (Å²) in [5.74, 6) is 0.161. The van der Waals surface area contributed by atoms with E-state index in [1.54, 1.807) is 43.0 Å². The summed E-state index contributed by atoms with van der Waals surface area (Å²) in [5, 5.41) is -0.509. The number of hydrogen-bond donors (Lipinski definition) is 1. The van der Waals surface area contributed by atoms with Crippen LogP contribution in [0, 0.1) is 0 Å². The average Bonchev–Trinajstić information content (AvgIpc) is 3.07. The van der Waals surface area contributed by atoms with Gasteiger partial charge in [-0.1, -0.05) is 6.07 Å². The van der Waals surface area contributed by atoms with Crippen LogP contribution in [-0.2, 0) is 23.0 Å². The summed E-state index contributed by atoms with van der Waals surface area (Å²) in [5.41, 5.74) is 2.60. The number of amides is 1. The molecular weight excluding hydrogens is 328 g/mol. The van der Waals surface area contributed by atoms with Gasteiger partial charge < -0.3 is 9.32 Å². The van der Waals surface area contributed by atoms with Crippen molar-refractivity contribution in [2.45, 2.75) is 32.1 Å². The molecule has 1 aliphatic rings. The van der Waals surface area contributed by atoms with Gasteiger partial charge in [0.15, 0.2) is 5.76 Å². The minimum atomic E-state index is -3.39. The van der Waals surface area contributed by atoms with Gasteiger partial charge in [0.1, 0.15) is 0 Å². The number of rotatable bonds is 4. The summed E-state index contributed by atoms with van der Waals surface area (Å²) in [4.78, 5) is 14.1. The third-order valence-electron chi connectivity index (χ3n) is 4.12. The number of furan rings is 1. The van der Waals surface area contributed by atoms with E-state index < -0.39 is 15.3 Å². The van der Waals surface area contributed by atoms with Crippen LogP contribution in [0.2, 0.25) is 0 Å². The van der Waals surface area contributed by atoms with Crippen LogP contribution in [0.25, 0.3) is 0 Å². The molecule has 3 rings (SSSR count). The topological polar surface area (TPSA) is 79.6 Å². The van der Waals surface area contributed by atoms with Gasteiger partial charge in [-0.15, -0.1) is 0 Å². The normalized spacial score (nSPS) is 14.5. The zero-order valence-corrected chi connectivity index (χ0v) is 14.5. The SMILES string of the molecule is CC(C)S(=O)(=O)Nc1ccc2c(c1)CN(C(=O)c1ccco1)CC2. The highest BCUT2D eigenvalue weighted by molar-refractivity contribution is 7.93.